The van der Waals surface area contributed by atoms with Crippen LogP contribution >= 0.6 is 0 Å². The van der Waals surface area contributed by atoms with Crippen molar-refractivity contribution >= 4 is 31.6 Å². The average Bonchev–Trinajstić information content (AvgIpc) is 2.90. The fraction of sp³-hybridized carbons (Fsp3) is 0.350. The molecule has 2 aromatic carbocycles. The fourth-order valence-electron chi connectivity index (χ4n) is 3.25. The number of halogens is 1. The first kappa shape index (κ1) is 23.2. The van der Waals surface area contributed by atoms with Crippen molar-refractivity contribution in [1.82, 2.24) is 4.72 Å². The smallest absolute Gasteiger partial charge is 0.244 e. The van der Waals surface area contributed by atoms with Gasteiger partial charge in [0.25, 0.3) is 0 Å². The molecule has 8 nitrogen and oxygen atoms in total. The molecule has 1 atom stereocenters. The summed E-state index contributed by atoms with van der Waals surface area (Å²) >= 11 is 0. The second kappa shape index (κ2) is 8.93. The van der Waals surface area contributed by atoms with Gasteiger partial charge in [-0.05, 0) is 49.2 Å². The third-order valence-electron chi connectivity index (χ3n) is 4.73. The Balaban J connectivity index is 1.89. The average molecular weight is 471 g/mol. The molecule has 0 aliphatic carbocycles. The number of rotatable bonds is 8. The molecule has 31 heavy (non-hydrogen) atoms. The number of amides is 1. The molecule has 0 bridgehead atoms. The van der Waals surface area contributed by atoms with Gasteiger partial charge in [-0.1, -0.05) is 19.1 Å². The highest BCUT2D eigenvalue weighted by atomic mass is 32.2. The summed E-state index contributed by atoms with van der Waals surface area (Å²) in [5, 5.41) is 0. The van der Waals surface area contributed by atoms with Crippen molar-refractivity contribution in [3.8, 4) is 5.75 Å². The third kappa shape index (κ3) is 5.05. The molecule has 1 heterocycles. The van der Waals surface area contributed by atoms with Gasteiger partial charge in [0.2, 0.25) is 26.0 Å². The first-order valence-corrected chi connectivity index (χ1v) is 12.7. The first-order chi connectivity index (χ1) is 14.5. The van der Waals surface area contributed by atoms with Crippen molar-refractivity contribution in [3.63, 3.8) is 0 Å². The zero-order chi connectivity index (χ0) is 22.8. The minimum Gasteiger partial charge on any atom is -0.492 e. The Bertz CT molecular complexity index is 1180. The van der Waals surface area contributed by atoms with Crippen LogP contribution in [-0.2, 0) is 31.3 Å². The predicted molar refractivity (Wildman–Crippen MR) is 113 cm³/mol. The highest BCUT2D eigenvalue weighted by Gasteiger charge is 2.42. The molecule has 0 spiro atoms. The molecule has 0 saturated carbocycles. The molecule has 1 aliphatic heterocycles. The molecular formula is C20H23FN2O6S2. The molecule has 1 unspecified atom stereocenters. The molecule has 2 aromatic rings. The SMILES string of the molecule is CCOc1ccc(N2C(=O)C(C)CS2(=O)=O)cc1S(=O)(=O)NCCc1ccc(F)cc1. The van der Waals surface area contributed by atoms with Crippen molar-refractivity contribution in [2.75, 3.05) is 23.2 Å². The number of anilines is 1. The maximum absolute atomic E-state index is 13.0. The van der Waals surface area contributed by atoms with Crippen molar-refractivity contribution in [1.29, 1.82) is 0 Å². The number of sulfonamides is 2. The van der Waals surface area contributed by atoms with Crippen LogP contribution in [0.15, 0.2) is 47.4 Å². The number of nitrogens with one attached hydrogen (secondary N) is 1. The van der Waals surface area contributed by atoms with E-state index in [1.54, 1.807) is 19.1 Å². The summed E-state index contributed by atoms with van der Waals surface area (Å²) in [6.07, 6.45) is 0.319. The van der Waals surface area contributed by atoms with E-state index in [0.717, 1.165) is 11.6 Å². The number of nitrogens with zero attached hydrogens (tertiary/aromatic N) is 1. The number of carbonyl (C=O) groups is 1. The minimum absolute atomic E-state index is 0.0295. The molecular weight excluding hydrogens is 447 g/mol. The van der Waals surface area contributed by atoms with Crippen LogP contribution in [0.2, 0.25) is 0 Å². The van der Waals surface area contributed by atoms with Crippen LogP contribution in [0.25, 0.3) is 0 Å². The van der Waals surface area contributed by atoms with Crippen LogP contribution in [0.4, 0.5) is 10.1 Å². The topological polar surface area (TPSA) is 110 Å². The normalized spacial score (nSPS) is 18.4. The summed E-state index contributed by atoms with van der Waals surface area (Å²) < 4.78 is 72.2. The highest BCUT2D eigenvalue weighted by Crippen LogP contribution is 2.34. The molecule has 1 aliphatic rings. The lowest BCUT2D eigenvalue weighted by Crippen LogP contribution is -2.31. The molecule has 3 rings (SSSR count). The second-order valence-corrected chi connectivity index (χ2v) is 10.7. The molecule has 168 valence electrons. The predicted octanol–water partition coefficient (Wildman–Crippen LogP) is 2.06. The van der Waals surface area contributed by atoms with E-state index < -0.39 is 31.9 Å². The van der Waals surface area contributed by atoms with E-state index in [1.807, 2.05) is 0 Å². The van der Waals surface area contributed by atoms with E-state index in [4.69, 9.17) is 4.74 Å². The van der Waals surface area contributed by atoms with Crippen LogP contribution in [-0.4, -0.2) is 41.6 Å². The number of hydrogen-bond acceptors (Lipinski definition) is 6. The Morgan fingerprint density at radius 1 is 1.19 bits per heavy atom. The Kier molecular flexibility index (Phi) is 6.68. The Hall–Kier alpha value is -2.50. The summed E-state index contributed by atoms with van der Waals surface area (Å²) in [6.45, 7) is 3.41. The Labute approximate surface area is 181 Å². The van der Waals surface area contributed by atoms with Gasteiger partial charge in [-0.25, -0.2) is 30.3 Å². The van der Waals surface area contributed by atoms with E-state index >= 15 is 0 Å². The van der Waals surface area contributed by atoms with Gasteiger partial charge >= 0.3 is 0 Å². The standard InChI is InChI=1S/C20H23FN2O6S2/c1-3-29-18-9-8-17(23-20(24)14(2)13-30(23,25)26)12-19(18)31(27,28)22-11-10-15-4-6-16(21)7-5-15/h4-9,12,14,22H,3,10-11,13H2,1-2H3. The van der Waals surface area contributed by atoms with Gasteiger partial charge in [-0.3, -0.25) is 4.79 Å². The minimum atomic E-state index is -4.09. The highest BCUT2D eigenvalue weighted by molar-refractivity contribution is 7.94. The van der Waals surface area contributed by atoms with Gasteiger partial charge in [-0.15, -0.1) is 0 Å². The monoisotopic (exact) mass is 470 g/mol. The van der Waals surface area contributed by atoms with E-state index in [-0.39, 0.29) is 41.1 Å². The molecule has 1 N–H and O–H groups in total. The van der Waals surface area contributed by atoms with Crippen LogP contribution in [0, 0.1) is 11.7 Å². The van der Waals surface area contributed by atoms with Gasteiger partial charge in [0, 0.05) is 6.54 Å². The van der Waals surface area contributed by atoms with Gasteiger partial charge in [0.15, 0.2) is 0 Å². The maximum atomic E-state index is 13.0. The second-order valence-electron chi connectivity index (χ2n) is 7.12. The van der Waals surface area contributed by atoms with Crippen LogP contribution in [0.1, 0.15) is 19.4 Å². The van der Waals surface area contributed by atoms with Crippen molar-refractivity contribution in [3.05, 3.63) is 53.8 Å². The summed E-state index contributed by atoms with van der Waals surface area (Å²) in [7, 11) is -7.98. The van der Waals surface area contributed by atoms with Gasteiger partial charge in [0.1, 0.15) is 16.5 Å². The summed E-state index contributed by atoms with van der Waals surface area (Å²) in [5.41, 5.74) is 0.683. The van der Waals surface area contributed by atoms with Gasteiger partial charge in [-0.2, -0.15) is 0 Å². The van der Waals surface area contributed by atoms with E-state index in [1.165, 1.54) is 31.2 Å². The molecule has 1 fully saturated rings. The van der Waals surface area contributed by atoms with Gasteiger partial charge in [0.05, 0.1) is 24.0 Å². The molecule has 1 saturated heterocycles. The summed E-state index contributed by atoms with van der Waals surface area (Å²) in [4.78, 5) is 12.1. The van der Waals surface area contributed by atoms with Gasteiger partial charge < -0.3 is 4.74 Å². The number of ether oxygens (including phenoxy) is 1. The van der Waals surface area contributed by atoms with Crippen molar-refractivity contribution in [2.45, 2.75) is 25.2 Å². The molecule has 1 amide bonds. The van der Waals surface area contributed by atoms with Crippen molar-refractivity contribution in [2.24, 2.45) is 5.92 Å². The lowest BCUT2D eigenvalue weighted by atomic mass is 10.1. The number of benzene rings is 2. The molecule has 0 aromatic heterocycles. The Morgan fingerprint density at radius 2 is 1.87 bits per heavy atom. The fourth-order valence-corrected chi connectivity index (χ4v) is 6.26. The van der Waals surface area contributed by atoms with Crippen molar-refractivity contribution < 1.29 is 30.8 Å². The zero-order valence-electron chi connectivity index (χ0n) is 17.0. The van der Waals surface area contributed by atoms with Crippen LogP contribution in [0.3, 0.4) is 0 Å². The largest absolute Gasteiger partial charge is 0.492 e. The van der Waals surface area contributed by atoms with Crippen LogP contribution < -0.4 is 13.8 Å². The van der Waals surface area contributed by atoms with E-state index in [9.17, 15) is 26.0 Å². The zero-order valence-corrected chi connectivity index (χ0v) is 18.7. The molecule has 11 heteroatoms. The maximum Gasteiger partial charge on any atom is 0.244 e. The summed E-state index contributed by atoms with van der Waals surface area (Å²) in [5.74, 6) is -2.01. The van der Waals surface area contributed by atoms with E-state index in [0.29, 0.717) is 10.7 Å². The quantitative estimate of drug-likeness (QED) is 0.632. The summed E-state index contributed by atoms with van der Waals surface area (Å²) in [6, 6.07) is 9.49. The van der Waals surface area contributed by atoms with E-state index in [2.05, 4.69) is 4.72 Å². The lowest BCUT2D eigenvalue weighted by Gasteiger charge is -2.18. The van der Waals surface area contributed by atoms with Crippen LogP contribution in [0.5, 0.6) is 5.75 Å². The molecule has 0 radical (unpaired) electrons. The lowest BCUT2D eigenvalue weighted by molar-refractivity contribution is -0.119. The number of hydrogen-bond donors (Lipinski definition) is 1. The Morgan fingerprint density at radius 3 is 2.45 bits per heavy atom. The number of carbonyl (C=O) groups excluding carboxylic acids is 1. The third-order valence-corrected chi connectivity index (χ3v) is 8.08. The first-order valence-electron chi connectivity index (χ1n) is 9.63.